The maximum atomic E-state index is 8.89. The fourth-order valence-electron chi connectivity index (χ4n) is 1.35. The van der Waals surface area contributed by atoms with Gasteiger partial charge in [-0.15, -0.1) is 0 Å². The van der Waals surface area contributed by atoms with Crippen molar-refractivity contribution in [2.24, 2.45) is 0 Å². The zero-order valence-corrected chi connectivity index (χ0v) is 9.22. The molecule has 0 heterocycles. The van der Waals surface area contributed by atoms with Crippen molar-refractivity contribution < 1.29 is 4.74 Å². The third-order valence-corrected chi connectivity index (χ3v) is 2.25. The van der Waals surface area contributed by atoms with E-state index < -0.39 is 0 Å². The van der Waals surface area contributed by atoms with Gasteiger partial charge in [0.25, 0.3) is 0 Å². The first-order chi connectivity index (χ1) is 6.60. The molecule has 1 aromatic carbocycles. The first kappa shape index (κ1) is 10.9. The Morgan fingerprint density at radius 1 is 1.43 bits per heavy atom. The smallest absolute Gasteiger partial charge is 0.140 e. The predicted octanol–water partition coefficient (Wildman–Crippen LogP) is 3.34. The normalized spacial score (nSPS) is 10.0. The van der Waals surface area contributed by atoms with E-state index in [-0.39, 0.29) is 5.92 Å². The number of ether oxygens (including phenoxy) is 1. The topological polar surface area (TPSA) is 33.0 Å². The molecule has 1 aromatic rings. The fraction of sp³-hybridized carbons (Fsp3) is 0.364. The summed E-state index contributed by atoms with van der Waals surface area (Å²) < 4.78 is 5.20. The second kappa shape index (κ2) is 4.34. The highest BCUT2D eigenvalue weighted by Crippen LogP contribution is 2.32. The van der Waals surface area contributed by atoms with E-state index in [4.69, 9.17) is 21.6 Å². The Hall–Kier alpha value is -1.20. The Morgan fingerprint density at radius 2 is 2.07 bits per heavy atom. The molecular formula is C11H12ClNO. The number of nitrogens with zero attached hydrogens (tertiary/aromatic N) is 1. The maximum Gasteiger partial charge on any atom is 0.140 e. The van der Waals surface area contributed by atoms with Crippen LogP contribution in [0, 0.1) is 11.3 Å². The zero-order chi connectivity index (χ0) is 10.7. The quantitative estimate of drug-likeness (QED) is 0.749. The number of methoxy groups -OCH3 is 1. The van der Waals surface area contributed by atoms with Gasteiger partial charge in [-0.05, 0) is 23.6 Å². The molecule has 74 valence electrons. The lowest BCUT2D eigenvalue weighted by atomic mass is 9.99. The molecule has 0 saturated carbocycles. The largest absolute Gasteiger partial charge is 0.495 e. The summed E-state index contributed by atoms with van der Waals surface area (Å²) in [6.45, 7) is 4.07. The predicted molar refractivity (Wildman–Crippen MR) is 56.8 cm³/mol. The van der Waals surface area contributed by atoms with Crippen molar-refractivity contribution in [3.8, 4) is 11.8 Å². The van der Waals surface area contributed by atoms with E-state index >= 15 is 0 Å². The Kier molecular flexibility index (Phi) is 3.38. The van der Waals surface area contributed by atoms with Gasteiger partial charge in [0, 0.05) is 5.02 Å². The molecule has 0 aliphatic heterocycles. The van der Waals surface area contributed by atoms with E-state index in [9.17, 15) is 0 Å². The number of halogens is 1. The lowest BCUT2D eigenvalue weighted by Gasteiger charge is -2.13. The van der Waals surface area contributed by atoms with Crippen LogP contribution in [-0.4, -0.2) is 7.11 Å². The molecule has 14 heavy (non-hydrogen) atoms. The molecule has 3 heteroatoms. The molecule has 0 saturated heterocycles. The molecule has 0 atom stereocenters. The molecule has 0 unspecified atom stereocenters. The Morgan fingerprint density at radius 3 is 2.50 bits per heavy atom. The second-order valence-corrected chi connectivity index (χ2v) is 3.78. The van der Waals surface area contributed by atoms with Crippen LogP contribution < -0.4 is 4.74 Å². The summed E-state index contributed by atoms with van der Waals surface area (Å²) in [5.74, 6) is 0.919. The first-order valence-electron chi connectivity index (χ1n) is 4.37. The fourth-order valence-corrected chi connectivity index (χ4v) is 1.58. The van der Waals surface area contributed by atoms with Gasteiger partial charge in [-0.1, -0.05) is 25.4 Å². The van der Waals surface area contributed by atoms with Gasteiger partial charge in [0.1, 0.15) is 11.8 Å². The second-order valence-electron chi connectivity index (χ2n) is 3.34. The minimum absolute atomic E-state index is 0.288. The van der Waals surface area contributed by atoms with Crippen LogP contribution in [0.2, 0.25) is 5.02 Å². The molecule has 0 bridgehead atoms. The van der Waals surface area contributed by atoms with E-state index in [1.54, 1.807) is 13.2 Å². The molecule has 1 rings (SSSR count). The molecule has 2 nitrogen and oxygen atoms in total. The molecular weight excluding hydrogens is 198 g/mol. The van der Waals surface area contributed by atoms with Gasteiger partial charge in [0.2, 0.25) is 0 Å². The molecule has 0 spiro atoms. The standard InChI is InChI=1S/C11H12ClNO/c1-7(2)10-5-9(12)4-8(6-13)11(10)14-3/h4-5,7H,1-3H3. The molecule has 0 amide bonds. The third-order valence-electron chi connectivity index (χ3n) is 2.03. The Balaban J connectivity index is 3.41. The molecule has 0 fully saturated rings. The van der Waals surface area contributed by atoms with Gasteiger partial charge in [-0.3, -0.25) is 0 Å². The van der Waals surface area contributed by atoms with Crippen LogP contribution in [0.5, 0.6) is 5.75 Å². The lowest BCUT2D eigenvalue weighted by Crippen LogP contribution is -1.97. The van der Waals surface area contributed by atoms with Crippen molar-refractivity contribution in [1.29, 1.82) is 5.26 Å². The van der Waals surface area contributed by atoms with Crippen molar-refractivity contribution in [3.05, 3.63) is 28.3 Å². The summed E-state index contributed by atoms with van der Waals surface area (Å²) in [4.78, 5) is 0. The third kappa shape index (κ3) is 2.00. The molecule has 0 N–H and O–H groups in total. The molecule has 0 radical (unpaired) electrons. The van der Waals surface area contributed by atoms with Gasteiger partial charge < -0.3 is 4.74 Å². The highest BCUT2D eigenvalue weighted by Gasteiger charge is 2.13. The molecule has 0 aliphatic carbocycles. The van der Waals surface area contributed by atoms with Gasteiger partial charge >= 0.3 is 0 Å². The Labute approximate surface area is 89.1 Å². The van der Waals surface area contributed by atoms with Gasteiger partial charge in [0.15, 0.2) is 0 Å². The van der Waals surface area contributed by atoms with Crippen molar-refractivity contribution >= 4 is 11.6 Å². The van der Waals surface area contributed by atoms with Crippen LogP contribution >= 0.6 is 11.6 Å². The monoisotopic (exact) mass is 209 g/mol. The van der Waals surface area contributed by atoms with Crippen molar-refractivity contribution in [2.75, 3.05) is 7.11 Å². The van der Waals surface area contributed by atoms with Crippen molar-refractivity contribution in [1.82, 2.24) is 0 Å². The summed E-state index contributed by atoms with van der Waals surface area (Å²) in [7, 11) is 1.57. The van der Waals surface area contributed by atoms with E-state index in [1.807, 2.05) is 19.9 Å². The number of benzene rings is 1. The minimum atomic E-state index is 0.288. The summed E-state index contributed by atoms with van der Waals surface area (Å²) in [5, 5.41) is 9.47. The van der Waals surface area contributed by atoms with Crippen LogP contribution in [0.4, 0.5) is 0 Å². The molecule has 0 aromatic heterocycles. The van der Waals surface area contributed by atoms with Crippen LogP contribution in [-0.2, 0) is 0 Å². The maximum absolute atomic E-state index is 8.89. The number of rotatable bonds is 2. The van der Waals surface area contributed by atoms with Crippen LogP contribution in [0.1, 0.15) is 30.9 Å². The minimum Gasteiger partial charge on any atom is -0.495 e. The van der Waals surface area contributed by atoms with E-state index in [2.05, 4.69) is 6.07 Å². The average Bonchev–Trinajstić information content (AvgIpc) is 2.16. The van der Waals surface area contributed by atoms with E-state index in [0.717, 1.165) is 5.56 Å². The molecule has 0 aliphatic rings. The summed E-state index contributed by atoms with van der Waals surface area (Å²) in [5.41, 5.74) is 1.46. The Bertz CT molecular complexity index is 380. The van der Waals surface area contributed by atoms with Crippen LogP contribution in [0.25, 0.3) is 0 Å². The van der Waals surface area contributed by atoms with Crippen LogP contribution in [0.3, 0.4) is 0 Å². The van der Waals surface area contributed by atoms with Crippen molar-refractivity contribution in [3.63, 3.8) is 0 Å². The highest BCUT2D eigenvalue weighted by molar-refractivity contribution is 6.30. The van der Waals surface area contributed by atoms with Gasteiger partial charge in [-0.2, -0.15) is 5.26 Å². The number of hydrogen-bond acceptors (Lipinski definition) is 2. The summed E-state index contributed by atoms with van der Waals surface area (Å²) >= 11 is 5.90. The summed E-state index contributed by atoms with van der Waals surface area (Å²) in [6.07, 6.45) is 0. The van der Waals surface area contributed by atoms with Gasteiger partial charge in [-0.25, -0.2) is 0 Å². The number of nitriles is 1. The first-order valence-corrected chi connectivity index (χ1v) is 4.75. The van der Waals surface area contributed by atoms with E-state index in [1.165, 1.54) is 0 Å². The lowest BCUT2D eigenvalue weighted by molar-refractivity contribution is 0.406. The highest BCUT2D eigenvalue weighted by atomic mass is 35.5. The van der Waals surface area contributed by atoms with Crippen molar-refractivity contribution in [2.45, 2.75) is 19.8 Å². The average molecular weight is 210 g/mol. The SMILES string of the molecule is COc1c(C#N)cc(Cl)cc1C(C)C. The zero-order valence-electron chi connectivity index (χ0n) is 8.47. The number of hydrogen-bond donors (Lipinski definition) is 0. The summed E-state index contributed by atoms with van der Waals surface area (Å²) in [6, 6.07) is 5.53. The van der Waals surface area contributed by atoms with Crippen LogP contribution in [0.15, 0.2) is 12.1 Å². The van der Waals surface area contributed by atoms with Gasteiger partial charge in [0.05, 0.1) is 12.7 Å². The van der Waals surface area contributed by atoms with E-state index in [0.29, 0.717) is 16.3 Å².